The molecule has 1 saturated heterocycles. The minimum atomic E-state index is -0.989. The van der Waals surface area contributed by atoms with Gasteiger partial charge in [0, 0.05) is 13.0 Å². The molecule has 1 aromatic rings. The Bertz CT molecular complexity index is 511. The number of hydrogen-bond donors (Lipinski definition) is 1. The van der Waals surface area contributed by atoms with Crippen molar-refractivity contribution in [3.63, 3.8) is 0 Å². The fourth-order valence-corrected chi connectivity index (χ4v) is 2.00. The van der Waals surface area contributed by atoms with Crippen molar-refractivity contribution in [3.8, 4) is 0 Å². The highest BCUT2D eigenvalue weighted by atomic mass is 16.5. The number of carbonyl (C=O) groups is 3. The first-order valence-electron chi connectivity index (χ1n) is 6.27. The number of rotatable bonds is 5. The zero-order valence-electron chi connectivity index (χ0n) is 11.1. The van der Waals surface area contributed by atoms with Gasteiger partial charge in [-0.2, -0.15) is 0 Å². The quantitative estimate of drug-likeness (QED) is 0.767. The van der Waals surface area contributed by atoms with Gasteiger partial charge in [-0.15, -0.1) is 0 Å². The molecule has 7 heteroatoms. The Hall–Kier alpha value is -2.31. The van der Waals surface area contributed by atoms with Crippen molar-refractivity contribution in [3.05, 3.63) is 24.2 Å². The van der Waals surface area contributed by atoms with Crippen LogP contribution in [0, 0.1) is 5.92 Å². The molecule has 1 fully saturated rings. The van der Waals surface area contributed by atoms with Crippen LogP contribution in [0.4, 0.5) is 0 Å². The molecule has 1 aliphatic rings. The molecule has 20 heavy (non-hydrogen) atoms. The number of primary amides is 1. The van der Waals surface area contributed by atoms with Gasteiger partial charge >= 0.3 is 5.97 Å². The Labute approximate surface area is 115 Å². The summed E-state index contributed by atoms with van der Waals surface area (Å²) in [6.45, 7) is 1.97. The zero-order valence-corrected chi connectivity index (χ0v) is 11.1. The molecular formula is C13H16N2O5. The first-order chi connectivity index (χ1) is 9.47. The number of furan rings is 1. The third-order valence-corrected chi connectivity index (χ3v) is 3.17. The number of nitrogens with two attached hydrogens (primary N) is 1. The lowest BCUT2D eigenvalue weighted by molar-refractivity contribution is -0.157. The molecule has 0 saturated carbocycles. The fourth-order valence-electron chi connectivity index (χ4n) is 2.00. The number of ether oxygens (including phenoxy) is 1. The summed E-state index contributed by atoms with van der Waals surface area (Å²) in [6.07, 6.45) is 0.609. The minimum Gasteiger partial charge on any atom is -0.467 e. The molecule has 1 aliphatic heterocycles. The van der Waals surface area contributed by atoms with Crippen molar-refractivity contribution in [1.29, 1.82) is 0 Å². The molecule has 0 radical (unpaired) electrons. The summed E-state index contributed by atoms with van der Waals surface area (Å²) in [6, 6.07) is 3.49. The average molecular weight is 280 g/mol. The molecular weight excluding hydrogens is 264 g/mol. The van der Waals surface area contributed by atoms with Crippen LogP contribution in [-0.2, 0) is 25.7 Å². The molecule has 0 aromatic carbocycles. The lowest BCUT2D eigenvalue weighted by Crippen LogP contribution is -2.33. The van der Waals surface area contributed by atoms with Crippen LogP contribution in [-0.4, -0.2) is 35.3 Å². The molecule has 7 nitrogen and oxygen atoms in total. The Morgan fingerprint density at radius 1 is 1.60 bits per heavy atom. The highest BCUT2D eigenvalue weighted by Gasteiger charge is 2.36. The van der Waals surface area contributed by atoms with E-state index in [1.165, 1.54) is 18.1 Å². The number of likely N-dealkylation sites (tertiary alicyclic amines) is 1. The first-order valence-corrected chi connectivity index (χ1v) is 6.27. The van der Waals surface area contributed by atoms with E-state index in [1.54, 1.807) is 12.1 Å². The SMILES string of the molecule is C[C@H](OC(=O)[C@H]1CC(=O)N(Cc2ccco2)C1)C(N)=O. The molecule has 108 valence electrons. The summed E-state index contributed by atoms with van der Waals surface area (Å²) in [7, 11) is 0. The Morgan fingerprint density at radius 2 is 2.35 bits per heavy atom. The molecule has 0 unspecified atom stereocenters. The third-order valence-electron chi connectivity index (χ3n) is 3.17. The second-order valence-electron chi connectivity index (χ2n) is 4.74. The van der Waals surface area contributed by atoms with E-state index in [4.69, 9.17) is 14.9 Å². The summed E-state index contributed by atoms with van der Waals surface area (Å²) < 4.78 is 10.1. The standard InChI is InChI=1S/C13H16N2O5/c1-8(12(14)17)20-13(18)9-5-11(16)15(6-9)7-10-3-2-4-19-10/h2-4,8-9H,5-7H2,1H3,(H2,14,17)/t8-,9-/m0/s1. The van der Waals surface area contributed by atoms with Gasteiger partial charge in [0.2, 0.25) is 5.91 Å². The van der Waals surface area contributed by atoms with Gasteiger partial charge in [-0.1, -0.05) is 0 Å². The van der Waals surface area contributed by atoms with E-state index in [0.29, 0.717) is 12.3 Å². The van der Waals surface area contributed by atoms with Crippen LogP contribution >= 0.6 is 0 Å². The van der Waals surface area contributed by atoms with Crippen molar-refractivity contribution >= 4 is 17.8 Å². The summed E-state index contributed by atoms with van der Waals surface area (Å²) in [4.78, 5) is 36.0. The van der Waals surface area contributed by atoms with Crippen LogP contribution in [0.15, 0.2) is 22.8 Å². The molecule has 2 atom stereocenters. The fraction of sp³-hybridized carbons (Fsp3) is 0.462. The van der Waals surface area contributed by atoms with Crippen LogP contribution in [0.3, 0.4) is 0 Å². The van der Waals surface area contributed by atoms with Crippen LogP contribution in [0.1, 0.15) is 19.1 Å². The van der Waals surface area contributed by atoms with E-state index in [2.05, 4.69) is 0 Å². The molecule has 0 bridgehead atoms. The van der Waals surface area contributed by atoms with Crippen molar-refractivity contribution in [2.24, 2.45) is 11.7 Å². The second-order valence-corrected chi connectivity index (χ2v) is 4.74. The van der Waals surface area contributed by atoms with Crippen LogP contribution in [0.2, 0.25) is 0 Å². The summed E-state index contributed by atoms with van der Waals surface area (Å²) in [5.41, 5.74) is 5.02. The minimum absolute atomic E-state index is 0.0744. The second kappa shape index (κ2) is 5.77. The van der Waals surface area contributed by atoms with Crippen LogP contribution in [0.25, 0.3) is 0 Å². The maximum atomic E-state index is 11.8. The van der Waals surface area contributed by atoms with E-state index in [1.807, 2.05) is 0 Å². The average Bonchev–Trinajstić information content (AvgIpc) is 3.00. The van der Waals surface area contributed by atoms with Crippen molar-refractivity contribution in [2.75, 3.05) is 6.54 Å². The van der Waals surface area contributed by atoms with Gasteiger partial charge in [-0.25, -0.2) is 0 Å². The molecule has 0 spiro atoms. The lowest BCUT2D eigenvalue weighted by Gasteiger charge is -2.15. The zero-order chi connectivity index (χ0) is 14.7. The predicted octanol–water partition coefficient (Wildman–Crippen LogP) is 0.0451. The van der Waals surface area contributed by atoms with Gasteiger partial charge in [-0.3, -0.25) is 14.4 Å². The Balaban J connectivity index is 1.91. The van der Waals surface area contributed by atoms with E-state index in [9.17, 15) is 14.4 Å². The molecule has 2 heterocycles. The van der Waals surface area contributed by atoms with Gasteiger partial charge in [0.05, 0.1) is 18.7 Å². The summed E-state index contributed by atoms with van der Waals surface area (Å²) >= 11 is 0. The number of amides is 2. The van der Waals surface area contributed by atoms with E-state index >= 15 is 0 Å². The highest BCUT2D eigenvalue weighted by Crippen LogP contribution is 2.22. The molecule has 2 N–H and O–H groups in total. The number of hydrogen-bond acceptors (Lipinski definition) is 5. The number of esters is 1. The lowest BCUT2D eigenvalue weighted by atomic mass is 10.1. The Morgan fingerprint density at radius 3 is 2.95 bits per heavy atom. The van der Waals surface area contributed by atoms with Crippen LogP contribution < -0.4 is 5.73 Å². The smallest absolute Gasteiger partial charge is 0.312 e. The monoisotopic (exact) mass is 280 g/mol. The first kappa shape index (κ1) is 14.1. The van der Waals surface area contributed by atoms with Crippen LogP contribution in [0.5, 0.6) is 0 Å². The van der Waals surface area contributed by atoms with Gasteiger partial charge in [0.25, 0.3) is 5.91 Å². The van der Waals surface area contributed by atoms with Gasteiger partial charge < -0.3 is 19.8 Å². The normalized spacial score (nSPS) is 19.9. The van der Waals surface area contributed by atoms with Gasteiger partial charge in [0.15, 0.2) is 6.10 Å². The number of carbonyl (C=O) groups excluding carboxylic acids is 3. The summed E-state index contributed by atoms with van der Waals surface area (Å²) in [5.74, 6) is -1.35. The maximum absolute atomic E-state index is 11.8. The van der Waals surface area contributed by atoms with Gasteiger partial charge in [-0.05, 0) is 19.1 Å². The van der Waals surface area contributed by atoms with Crippen molar-refractivity contribution < 1.29 is 23.5 Å². The molecule has 2 rings (SSSR count). The van der Waals surface area contributed by atoms with Crippen molar-refractivity contribution in [1.82, 2.24) is 4.90 Å². The molecule has 2 amide bonds. The van der Waals surface area contributed by atoms with E-state index in [0.717, 1.165) is 0 Å². The Kier molecular flexibility index (Phi) is 4.07. The number of nitrogens with zero attached hydrogens (tertiary/aromatic N) is 1. The maximum Gasteiger partial charge on any atom is 0.312 e. The largest absolute Gasteiger partial charge is 0.467 e. The third kappa shape index (κ3) is 3.17. The topological polar surface area (TPSA) is 103 Å². The highest BCUT2D eigenvalue weighted by molar-refractivity contribution is 5.88. The van der Waals surface area contributed by atoms with E-state index < -0.39 is 23.9 Å². The molecule has 0 aliphatic carbocycles. The summed E-state index contributed by atoms with van der Waals surface area (Å²) in [5, 5.41) is 0. The van der Waals surface area contributed by atoms with Crippen molar-refractivity contribution in [2.45, 2.75) is 26.0 Å². The predicted molar refractivity (Wildman–Crippen MR) is 67.0 cm³/mol. The van der Waals surface area contributed by atoms with E-state index in [-0.39, 0.29) is 18.9 Å². The van der Waals surface area contributed by atoms with Gasteiger partial charge in [0.1, 0.15) is 5.76 Å². The molecule has 1 aromatic heterocycles.